The summed E-state index contributed by atoms with van der Waals surface area (Å²) >= 11 is 0. The smallest absolute Gasteiger partial charge is 0.330 e. The van der Waals surface area contributed by atoms with Gasteiger partial charge in [-0.15, -0.1) is 0 Å². The largest absolute Gasteiger partial charge is 0.464 e. The molecule has 1 heterocycles. The number of esters is 1. The Hall–Kier alpha value is -1.32. The predicted octanol–water partition coefficient (Wildman–Crippen LogP) is 1.71. The third-order valence-corrected chi connectivity index (χ3v) is 2.11. The standard InChI is InChI=1S/C10H16N2O2/c1-4-9(10(13)14-5-2)12-8(3)6-7-11-12/h6-7,9H,4-5H2,1-3H3/t9-/m0/s1. The van der Waals surface area contributed by atoms with Gasteiger partial charge in [-0.1, -0.05) is 6.92 Å². The van der Waals surface area contributed by atoms with Crippen molar-refractivity contribution in [3.63, 3.8) is 0 Å². The van der Waals surface area contributed by atoms with E-state index in [0.717, 1.165) is 5.69 Å². The van der Waals surface area contributed by atoms with E-state index in [2.05, 4.69) is 5.10 Å². The van der Waals surface area contributed by atoms with Gasteiger partial charge in [-0.05, 0) is 26.3 Å². The van der Waals surface area contributed by atoms with Crippen molar-refractivity contribution >= 4 is 5.97 Å². The highest BCUT2D eigenvalue weighted by molar-refractivity contribution is 5.74. The van der Waals surface area contributed by atoms with E-state index in [9.17, 15) is 4.79 Å². The van der Waals surface area contributed by atoms with E-state index in [4.69, 9.17) is 4.74 Å². The van der Waals surface area contributed by atoms with Crippen molar-refractivity contribution in [1.82, 2.24) is 9.78 Å². The summed E-state index contributed by atoms with van der Waals surface area (Å²) in [4.78, 5) is 11.5. The zero-order chi connectivity index (χ0) is 10.6. The normalized spacial score (nSPS) is 12.5. The molecule has 1 aromatic rings. The average molecular weight is 196 g/mol. The molecule has 14 heavy (non-hydrogen) atoms. The lowest BCUT2D eigenvalue weighted by Crippen LogP contribution is -2.23. The number of hydrogen-bond acceptors (Lipinski definition) is 3. The van der Waals surface area contributed by atoms with E-state index in [-0.39, 0.29) is 12.0 Å². The van der Waals surface area contributed by atoms with Gasteiger partial charge in [0.05, 0.1) is 6.61 Å². The van der Waals surface area contributed by atoms with Crippen molar-refractivity contribution in [1.29, 1.82) is 0 Å². The maximum atomic E-state index is 11.5. The van der Waals surface area contributed by atoms with E-state index in [1.54, 1.807) is 17.8 Å². The first-order chi connectivity index (χ1) is 6.70. The Balaban J connectivity index is 2.82. The number of ether oxygens (including phenoxy) is 1. The number of rotatable bonds is 4. The maximum absolute atomic E-state index is 11.5. The molecule has 78 valence electrons. The van der Waals surface area contributed by atoms with Crippen LogP contribution < -0.4 is 0 Å². The minimum Gasteiger partial charge on any atom is -0.464 e. The third kappa shape index (κ3) is 2.13. The topological polar surface area (TPSA) is 44.1 Å². The number of aryl methyl sites for hydroxylation is 1. The molecule has 0 bridgehead atoms. The first-order valence-corrected chi connectivity index (χ1v) is 4.87. The molecule has 0 saturated heterocycles. The lowest BCUT2D eigenvalue weighted by Gasteiger charge is -2.15. The zero-order valence-electron chi connectivity index (χ0n) is 8.86. The molecule has 0 aromatic carbocycles. The molecule has 0 amide bonds. The zero-order valence-corrected chi connectivity index (χ0v) is 8.86. The molecular formula is C10H16N2O2. The minimum atomic E-state index is -0.287. The molecule has 0 aliphatic carbocycles. The Morgan fingerprint density at radius 1 is 1.64 bits per heavy atom. The lowest BCUT2D eigenvalue weighted by atomic mass is 10.2. The van der Waals surface area contributed by atoms with Gasteiger partial charge in [0, 0.05) is 11.9 Å². The van der Waals surface area contributed by atoms with E-state index in [1.165, 1.54) is 0 Å². The van der Waals surface area contributed by atoms with Gasteiger partial charge in [0.1, 0.15) is 6.04 Å². The van der Waals surface area contributed by atoms with Crippen molar-refractivity contribution in [3.05, 3.63) is 18.0 Å². The molecule has 4 heteroatoms. The summed E-state index contributed by atoms with van der Waals surface area (Å²) in [6.07, 6.45) is 2.39. The maximum Gasteiger partial charge on any atom is 0.330 e. The Morgan fingerprint density at radius 2 is 2.36 bits per heavy atom. The van der Waals surface area contributed by atoms with Crippen LogP contribution in [-0.2, 0) is 9.53 Å². The molecule has 0 saturated carbocycles. The lowest BCUT2D eigenvalue weighted by molar-refractivity contribution is -0.147. The van der Waals surface area contributed by atoms with Crippen LogP contribution >= 0.6 is 0 Å². The summed E-state index contributed by atoms with van der Waals surface area (Å²) in [6.45, 7) is 6.09. The highest BCUT2D eigenvalue weighted by Crippen LogP contribution is 2.14. The number of aromatic nitrogens is 2. The Kier molecular flexibility index (Phi) is 3.68. The number of nitrogens with zero attached hydrogens (tertiary/aromatic N) is 2. The number of carbonyl (C=O) groups is 1. The quantitative estimate of drug-likeness (QED) is 0.688. The summed E-state index contributed by atoms with van der Waals surface area (Å²) in [5.41, 5.74) is 0.977. The van der Waals surface area contributed by atoms with Gasteiger partial charge in [-0.3, -0.25) is 4.68 Å². The van der Waals surface area contributed by atoms with Crippen LogP contribution in [0.3, 0.4) is 0 Å². The first kappa shape index (κ1) is 10.8. The monoisotopic (exact) mass is 196 g/mol. The van der Waals surface area contributed by atoms with Crippen LogP contribution in [0.1, 0.15) is 32.0 Å². The number of carbonyl (C=O) groups excluding carboxylic acids is 1. The first-order valence-electron chi connectivity index (χ1n) is 4.87. The fourth-order valence-corrected chi connectivity index (χ4v) is 1.38. The van der Waals surface area contributed by atoms with Gasteiger partial charge in [0.25, 0.3) is 0 Å². The summed E-state index contributed by atoms with van der Waals surface area (Å²) in [6, 6.07) is 1.59. The van der Waals surface area contributed by atoms with Crippen molar-refractivity contribution in [2.45, 2.75) is 33.2 Å². The summed E-state index contributed by atoms with van der Waals surface area (Å²) in [5, 5.41) is 4.11. The highest BCUT2D eigenvalue weighted by Gasteiger charge is 2.21. The SMILES string of the molecule is CCOC(=O)[C@H](CC)n1nccc1C. The van der Waals surface area contributed by atoms with Gasteiger partial charge in [0.15, 0.2) is 0 Å². The van der Waals surface area contributed by atoms with Gasteiger partial charge in [-0.25, -0.2) is 4.79 Å². The third-order valence-electron chi connectivity index (χ3n) is 2.11. The van der Waals surface area contributed by atoms with Crippen molar-refractivity contribution in [2.24, 2.45) is 0 Å². The molecule has 4 nitrogen and oxygen atoms in total. The molecule has 1 rings (SSSR count). The predicted molar refractivity (Wildman–Crippen MR) is 52.9 cm³/mol. The Morgan fingerprint density at radius 3 is 2.79 bits per heavy atom. The molecule has 1 atom stereocenters. The second kappa shape index (κ2) is 4.79. The molecule has 0 fully saturated rings. The van der Waals surface area contributed by atoms with E-state index in [1.807, 2.05) is 19.9 Å². The van der Waals surface area contributed by atoms with E-state index in [0.29, 0.717) is 13.0 Å². The Labute approximate surface area is 83.9 Å². The van der Waals surface area contributed by atoms with Crippen LogP contribution in [0.2, 0.25) is 0 Å². The summed E-state index contributed by atoms with van der Waals surface area (Å²) in [5.74, 6) is -0.207. The van der Waals surface area contributed by atoms with Crippen molar-refractivity contribution in [3.8, 4) is 0 Å². The van der Waals surface area contributed by atoms with E-state index >= 15 is 0 Å². The van der Waals surface area contributed by atoms with Crippen LogP contribution in [0, 0.1) is 6.92 Å². The molecule has 0 unspecified atom stereocenters. The minimum absolute atomic E-state index is 0.207. The van der Waals surface area contributed by atoms with Gasteiger partial charge < -0.3 is 4.74 Å². The number of hydrogen-bond donors (Lipinski definition) is 0. The van der Waals surface area contributed by atoms with Crippen molar-refractivity contribution < 1.29 is 9.53 Å². The summed E-state index contributed by atoms with van der Waals surface area (Å²) in [7, 11) is 0. The van der Waals surface area contributed by atoms with Gasteiger partial charge >= 0.3 is 5.97 Å². The van der Waals surface area contributed by atoms with Crippen LogP contribution in [0.5, 0.6) is 0 Å². The Bertz CT molecular complexity index is 307. The van der Waals surface area contributed by atoms with Crippen LogP contribution in [0.4, 0.5) is 0 Å². The van der Waals surface area contributed by atoms with E-state index < -0.39 is 0 Å². The molecular weight excluding hydrogens is 180 g/mol. The average Bonchev–Trinajstić information content (AvgIpc) is 2.54. The molecule has 1 aromatic heterocycles. The molecule has 0 N–H and O–H groups in total. The molecule has 0 spiro atoms. The van der Waals surface area contributed by atoms with Crippen LogP contribution in [-0.4, -0.2) is 22.4 Å². The molecule has 0 radical (unpaired) electrons. The van der Waals surface area contributed by atoms with Crippen LogP contribution in [0.25, 0.3) is 0 Å². The van der Waals surface area contributed by atoms with Crippen LogP contribution in [0.15, 0.2) is 12.3 Å². The second-order valence-corrected chi connectivity index (χ2v) is 3.09. The fraction of sp³-hybridized carbons (Fsp3) is 0.600. The molecule has 0 aliphatic rings. The molecule has 0 aliphatic heterocycles. The summed E-state index contributed by atoms with van der Waals surface area (Å²) < 4.78 is 6.68. The second-order valence-electron chi connectivity index (χ2n) is 3.09. The van der Waals surface area contributed by atoms with Gasteiger partial charge in [-0.2, -0.15) is 5.10 Å². The highest BCUT2D eigenvalue weighted by atomic mass is 16.5. The van der Waals surface area contributed by atoms with Crippen molar-refractivity contribution in [2.75, 3.05) is 6.61 Å². The van der Waals surface area contributed by atoms with Gasteiger partial charge in [0.2, 0.25) is 0 Å². The fourth-order valence-electron chi connectivity index (χ4n) is 1.38.